The lowest BCUT2D eigenvalue weighted by atomic mass is 9.70. The Morgan fingerprint density at radius 3 is 2.92 bits per heavy atom. The number of rotatable bonds is 0. The molecule has 3 saturated carbocycles. The van der Waals surface area contributed by atoms with Crippen molar-refractivity contribution in [1.29, 1.82) is 0 Å². The monoisotopic (exact) mass is 164 g/mol. The van der Waals surface area contributed by atoms with Crippen molar-refractivity contribution in [1.82, 2.24) is 0 Å². The van der Waals surface area contributed by atoms with Gasteiger partial charge in [0.15, 0.2) is 0 Å². The second-order valence-corrected chi connectivity index (χ2v) is 4.95. The Morgan fingerprint density at radius 2 is 2.00 bits per heavy atom. The van der Waals surface area contributed by atoms with Crippen LogP contribution in [0.15, 0.2) is 0 Å². The highest BCUT2D eigenvalue weighted by Gasteiger charge is 2.47. The molecule has 0 aliphatic heterocycles. The fourth-order valence-corrected chi connectivity index (χ4v) is 3.84. The lowest BCUT2D eigenvalue weighted by molar-refractivity contribution is -0.127. The summed E-state index contributed by atoms with van der Waals surface area (Å²) in [7, 11) is 0. The average Bonchev–Trinajstić information content (AvgIpc) is 2.46. The van der Waals surface area contributed by atoms with Gasteiger partial charge in [0.05, 0.1) is 0 Å². The minimum Gasteiger partial charge on any atom is -0.299 e. The van der Waals surface area contributed by atoms with Crippen molar-refractivity contribution < 1.29 is 4.79 Å². The lowest BCUT2D eigenvalue weighted by Crippen LogP contribution is -2.31. The summed E-state index contributed by atoms with van der Waals surface area (Å²) in [6.07, 6.45) is 7.61. The molecular weight excluding hydrogens is 148 g/mol. The van der Waals surface area contributed by atoms with E-state index in [0.717, 1.165) is 24.2 Å². The molecule has 3 fully saturated rings. The van der Waals surface area contributed by atoms with E-state index in [1.807, 2.05) is 0 Å². The molecule has 66 valence electrons. The number of hydrogen-bond acceptors (Lipinski definition) is 1. The fraction of sp³-hybridized carbons (Fsp3) is 0.909. The minimum atomic E-state index is 0.510. The van der Waals surface area contributed by atoms with Crippen LogP contribution in [-0.4, -0.2) is 5.78 Å². The number of hydrogen-bond donors (Lipinski definition) is 0. The van der Waals surface area contributed by atoms with Crippen molar-refractivity contribution in [3.8, 4) is 0 Å². The van der Waals surface area contributed by atoms with E-state index in [4.69, 9.17) is 0 Å². The fourth-order valence-electron chi connectivity index (χ4n) is 3.84. The minimum absolute atomic E-state index is 0.510. The van der Waals surface area contributed by atoms with Gasteiger partial charge in [0.1, 0.15) is 5.78 Å². The molecule has 0 saturated heterocycles. The first-order chi connectivity index (χ1) is 5.84. The highest BCUT2D eigenvalue weighted by Crippen LogP contribution is 2.53. The van der Waals surface area contributed by atoms with Crippen LogP contribution in [-0.2, 0) is 4.79 Å². The number of carbonyl (C=O) groups is 1. The van der Waals surface area contributed by atoms with Crippen LogP contribution in [0, 0.1) is 23.7 Å². The second-order valence-electron chi connectivity index (χ2n) is 4.95. The van der Waals surface area contributed by atoms with Gasteiger partial charge in [-0.25, -0.2) is 0 Å². The highest BCUT2D eigenvalue weighted by molar-refractivity contribution is 5.82. The first-order valence-electron chi connectivity index (χ1n) is 5.37. The smallest absolute Gasteiger partial charge is 0.136 e. The molecule has 0 N–H and O–H groups in total. The van der Waals surface area contributed by atoms with Crippen LogP contribution >= 0.6 is 0 Å². The van der Waals surface area contributed by atoms with Crippen molar-refractivity contribution in [2.24, 2.45) is 23.7 Å². The van der Waals surface area contributed by atoms with Gasteiger partial charge in [0.25, 0.3) is 0 Å². The number of fused-ring (bicyclic) bond motifs is 1. The standard InChI is InChI=1S/C11H16O/c12-11-4-3-8-2-1-7-5-9(8)10(11)6-7/h7-10H,1-6H2/t7-,8?,9?,10?/m0/s1. The molecule has 3 aliphatic rings. The summed E-state index contributed by atoms with van der Waals surface area (Å²) in [4.78, 5) is 11.6. The van der Waals surface area contributed by atoms with Crippen molar-refractivity contribution >= 4 is 5.78 Å². The van der Waals surface area contributed by atoms with Crippen molar-refractivity contribution in [3.05, 3.63) is 0 Å². The van der Waals surface area contributed by atoms with Crippen LogP contribution in [0.2, 0.25) is 0 Å². The third-order valence-electron chi connectivity index (χ3n) is 4.44. The number of Topliss-reactive ketones (excluding diaryl/α,β-unsaturated/α-hetero) is 1. The third kappa shape index (κ3) is 0.826. The molecule has 0 spiro atoms. The quantitative estimate of drug-likeness (QED) is 0.537. The topological polar surface area (TPSA) is 17.1 Å². The molecule has 4 atom stereocenters. The van der Waals surface area contributed by atoms with Crippen LogP contribution in [0.1, 0.15) is 38.5 Å². The Balaban J connectivity index is 1.93. The highest BCUT2D eigenvalue weighted by atomic mass is 16.1. The summed E-state index contributed by atoms with van der Waals surface area (Å²) < 4.78 is 0. The van der Waals surface area contributed by atoms with Crippen LogP contribution in [0.3, 0.4) is 0 Å². The van der Waals surface area contributed by atoms with Gasteiger partial charge >= 0.3 is 0 Å². The van der Waals surface area contributed by atoms with Crippen LogP contribution in [0.25, 0.3) is 0 Å². The molecule has 0 amide bonds. The molecule has 0 radical (unpaired) electrons. The van der Waals surface area contributed by atoms with Crippen LogP contribution in [0.5, 0.6) is 0 Å². The largest absolute Gasteiger partial charge is 0.299 e. The summed E-state index contributed by atoms with van der Waals surface area (Å²) in [6.45, 7) is 0. The summed E-state index contributed by atoms with van der Waals surface area (Å²) >= 11 is 0. The maximum Gasteiger partial charge on any atom is 0.136 e. The van der Waals surface area contributed by atoms with Crippen molar-refractivity contribution in [2.45, 2.75) is 38.5 Å². The van der Waals surface area contributed by atoms with Crippen molar-refractivity contribution in [2.75, 3.05) is 0 Å². The van der Waals surface area contributed by atoms with Gasteiger partial charge in [-0.1, -0.05) is 6.42 Å². The Hall–Kier alpha value is -0.330. The summed E-state index contributed by atoms with van der Waals surface area (Å²) in [6, 6.07) is 0. The van der Waals surface area contributed by atoms with Gasteiger partial charge in [-0.05, 0) is 43.4 Å². The molecule has 12 heavy (non-hydrogen) atoms. The second kappa shape index (κ2) is 2.34. The Kier molecular flexibility index (Phi) is 1.38. The maximum atomic E-state index is 11.6. The number of carbonyl (C=O) groups excluding carboxylic acids is 1. The molecule has 2 bridgehead atoms. The van der Waals surface area contributed by atoms with Gasteiger partial charge in [0.2, 0.25) is 0 Å². The van der Waals surface area contributed by atoms with E-state index >= 15 is 0 Å². The molecule has 3 rings (SSSR count). The van der Waals surface area contributed by atoms with Gasteiger partial charge in [-0.15, -0.1) is 0 Å². The first-order valence-corrected chi connectivity index (χ1v) is 5.37. The van der Waals surface area contributed by atoms with E-state index < -0.39 is 0 Å². The molecule has 3 unspecified atom stereocenters. The van der Waals surface area contributed by atoms with Gasteiger partial charge < -0.3 is 0 Å². The molecule has 3 aliphatic carbocycles. The Labute approximate surface area is 73.5 Å². The first kappa shape index (κ1) is 7.11. The normalized spacial score (nSPS) is 51.2. The number of ketones is 1. The van der Waals surface area contributed by atoms with E-state index in [1.54, 1.807) is 0 Å². The van der Waals surface area contributed by atoms with Gasteiger partial charge in [0, 0.05) is 12.3 Å². The van der Waals surface area contributed by atoms with Crippen molar-refractivity contribution in [3.63, 3.8) is 0 Å². The van der Waals surface area contributed by atoms with E-state index in [1.165, 1.54) is 32.1 Å². The molecule has 0 aromatic rings. The molecule has 1 heteroatoms. The zero-order valence-corrected chi connectivity index (χ0v) is 7.46. The van der Waals surface area contributed by atoms with E-state index in [2.05, 4.69) is 0 Å². The predicted octanol–water partition coefficient (Wildman–Crippen LogP) is 2.40. The van der Waals surface area contributed by atoms with Crippen LogP contribution < -0.4 is 0 Å². The summed E-state index contributed by atoms with van der Waals surface area (Å²) in [5.41, 5.74) is 0. The van der Waals surface area contributed by atoms with Gasteiger partial charge in [-0.3, -0.25) is 4.79 Å². The predicted molar refractivity (Wildman–Crippen MR) is 46.7 cm³/mol. The third-order valence-corrected chi connectivity index (χ3v) is 4.44. The van der Waals surface area contributed by atoms with E-state index in [9.17, 15) is 4.79 Å². The lowest BCUT2D eigenvalue weighted by Gasteiger charge is -2.34. The molecular formula is C11H16O. The van der Waals surface area contributed by atoms with E-state index in [0.29, 0.717) is 11.7 Å². The molecule has 0 aromatic heterocycles. The Bertz CT molecular complexity index is 221. The zero-order chi connectivity index (χ0) is 8.13. The molecule has 0 aromatic carbocycles. The maximum absolute atomic E-state index is 11.6. The summed E-state index contributed by atoms with van der Waals surface area (Å²) in [5.74, 6) is 3.80. The summed E-state index contributed by atoms with van der Waals surface area (Å²) in [5, 5.41) is 0. The Morgan fingerprint density at radius 1 is 1.08 bits per heavy atom. The SMILES string of the molecule is O=C1CCC2CC[C@@H]3CC1C2C3. The molecule has 0 heterocycles. The molecule has 1 nitrogen and oxygen atoms in total. The zero-order valence-electron chi connectivity index (χ0n) is 7.46. The van der Waals surface area contributed by atoms with Crippen LogP contribution in [0.4, 0.5) is 0 Å². The van der Waals surface area contributed by atoms with E-state index in [-0.39, 0.29) is 0 Å². The average molecular weight is 164 g/mol. The van der Waals surface area contributed by atoms with Gasteiger partial charge in [-0.2, -0.15) is 0 Å².